The summed E-state index contributed by atoms with van der Waals surface area (Å²) in [7, 11) is 0. The average molecular weight is 303 g/mol. The third-order valence-electron chi connectivity index (χ3n) is 3.11. The zero-order valence-corrected chi connectivity index (χ0v) is 12.0. The molecular weight excluding hydrogens is 285 g/mol. The Morgan fingerprint density at radius 2 is 1.95 bits per heavy atom. The van der Waals surface area contributed by atoms with E-state index < -0.39 is 18.0 Å². The Labute approximate surface area is 128 Å². The fourth-order valence-electron chi connectivity index (χ4n) is 1.96. The number of pyridine rings is 1. The number of rotatable bonds is 6. The molecule has 2 aromatic rings. The van der Waals surface area contributed by atoms with Gasteiger partial charge in [0.25, 0.3) is 0 Å². The Balaban J connectivity index is 1.70. The van der Waals surface area contributed by atoms with E-state index in [-0.39, 0.29) is 12.1 Å². The molecular formula is C16H18FN3O2. The van der Waals surface area contributed by atoms with Gasteiger partial charge in [0.1, 0.15) is 5.82 Å². The van der Waals surface area contributed by atoms with Crippen LogP contribution in [0.3, 0.4) is 0 Å². The summed E-state index contributed by atoms with van der Waals surface area (Å²) in [6.45, 7) is 0.370. The molecule has 0 aliphatic rings. The number of aromatic nitrogens is 1. The van der Waals surface area contributed by atoms with Gasteiger partial charge in [-0.2, -0.15) is 0 Å². The third-order valence-corrected chi connectivity index (χ3v) is 3.11. The van der Waals surface area contributed by atoms with E-state index in [1.54, 1.807) is 18.3 Å². The van der Waals surface area contributed by atoms with Gasteiger partial charge in [0.15, 0.2) is 0 Å². The lowest BCUT2D eigenvalue weighted by molar-refractivity contribution is 0.169. The first kappa shape index (κ1) is 15.9. The summed E-state index contributed by atoms with van der Waals surface area (Å²) in [6, 6.07) is 11.1. The number of urea groups is 1. The lowest BCUT2D eigenvalue weighted by Crippen LogP contribution is -2.38. The summed E-state index contributed by atoms with van der Waals surface area (Å²) in [5.74, 6) is -0.493. The molecule has 0 aliphatic heterocycles. The molecule has 1 heterocycles. The molecule has 1 unspecified atom stereocenters. The maximum Gasteiger partial charge on any atom is 0.314 e. The van der Waals surface area contributed by atoms with Crippen LogP contribution >= 0.6 is 0 Å². The molecule has 0 aliphatic carbocycles. The molecule has 2 rings (SSSR count). The predicted molar refractivity (Wildman–Crippen MR) is 80.7 cm³/mol. The van der Waals surface area contributed by atoms with Crippen molar-refractivity contribution in [2.75, 3.05) is 13.1 Å². The van der Waals surface area contributed by atoms with Crippen LogP contribution in [0, 0.1) is 5.82 Å². The Bertz CT molecular complexity index is 607. The highest BCUT2D eigenvalue weighted by Gasteiger charge is 2.12. The van der Waals surface area contributed by atoms with Crippen LogP contribution < -0.4 is 10.6 Å². The van der Waals surface area contributed by atoms with Crippen molar-refractivity contribution in [3.63, 3.8) is 0 Å². The monoisotopic (exact) mass is 303 g/mol. The van der Waals surface area contributed by atoms with Gasteiger partial charge in [0.2, 0.25) is 0 Å². The second-order valence-electron chi connectivity index (χ2n) is 4.75. The van der Waals surface area contributed by atoms with E-state index in [2.05, 4.69) is 15.6 Å². The molecule has 1 atom stereocenters. The van der Waals surface area contributed by atoms with E-state index in [1.165, 1.54) is 12.1 Å². The molecule has 116 valence electrons. The summed E-state index contributed by atoms with van der Waals surface area (Å²) in [5, 5.41) is 15.0. The zero-order chi connectivity index (χ0) is 15.8. The van der Waals surface area contributed by atoms with Crippen LogP contribution in [0.5, 0.6) is 0 Å². The number of nitrogens with zero attached hydrogens (tertiary/aromatic N) is 1. The largest absolute Gasteiger partial charge is 0.386 e. The molecule has 0 spiro atoms. The highest BCUT2D eigenvalue weighted by atomic mass is 19.1. The summed E-state index contributed by atoms with van der Waals surface area (Å²) < 4.78 is 13.5. The Morgan fingerprint density at radius 1 is 1.18 bits per heavy atom. The lowest BCUT2D eigenvalue weighted by atomic mass is 10.1. The Hall–Kier alpha value is -2.47. The van der Waals surface area contributed by atoms with Crippen molar-refractivity contribution in [3.05, 3.63) is 65.7 Å². The number of benzene rings is 1. The molecule has 0 bridgehead atoms. The number of hydrogen-bond acceptors (Lipinski definition) is 3. The molecule has 0 saturated carbocycles. The van der Waals surface area contributed by atoms with Gasteiger partial charge in [-0.1, -0.05) is 24.3 Å². The number of carbonyl (C=O) groups excluding carboxylic acids is 1. The fourth-order valence-corrected chi connectivity index (χ4v) is 1.96. The fraction of sp³-hybridized carbons (Fsp3) is 0.250. The number of carbonyl (C=O) groups is 1. The number of hydrogen-bond donors (Lipinski definition) is 3. The summed E-state index contributed by atoms with van der Waals surface area (Å²) in [4.78, 5) is 15.8. The highest BCUT2D eigenvalue weighted by molar-refractivity contribution is 5.73. The molecule has 0 fully saturated rings. The molecule has 1 aromatic carbocycles. The van der Waals surface area contributed by atoms with Crippen molar-refractivity contribution in [2.24, 2.45) is 0 Å². The summed E-state index contributed by atoms with van der Waals surface area (Å²) in [5.41, 5.74) is 1.05. The number of halogens is 1. The first-order chi connectivity index (χ1) is 10.7. The standard InChI is InChI=1S/C16H18FN3O2/c17-14-7-2-1-6-13(14)15(21)11-20-16(22)19-10-8-12-5-3-4-9-18-12/h1-7,9,15,21H,8,10-11H2,(H2,19,20,22). The van der Waals surface area contributed by atoms with E-state index in [0.717, 1.165) is 5.69 Å². The number of aliphatic hydroxyl groups is 1. The third kappa shape index (κ3) is 4.82. The minimum Gasteiger partial charge on any atom is -0.386 e. The number of aliphatic hydroxyl groups excluding tert-OH is 1. The van der Waals surface area contributed by atoms with E-state index in [0.29, 0.717) is 13.0 Å². The molecule has 22 heavy (non-hydrogen) atoms. The van der Waals surface area contributed by atoms with Gasteiger partial charge >= 0.3 is 6.03 Å². The van der Waals surface area contributed by atoms with Crippen molar-refractivity contribution >= 4 is 6.03 Å². The van der Waals surface area contributed by atoms with Gasteiger partial charge in [-0.05, 0) is 18.2 Å². The lowest BCUT2D eigenvalue weighted by Gasteiger charge is -2.13. The van der Waals surface area contributed by atoms with Gasteiger partial charge in [-0.3, -0.25) is 4.98 Å². The summed E-state index contributed by atoms with van der Waals surface area (Å²) >= 11 is 0. The summed E-state index contributed by atoms with van der Waals surface area (Å²) in [6.07, 6.45) is 1.23. The Morgan fingerprint density at radius 3 is 2.68 bits per heavy atom. The van der Waals surface area contributed by atoms with Crippen molar-refractivity contribution in [2.45, 2.75) is 12.5 Å². The van der Waals surface area contributed by atoms with Crippen LogP contribution in [0.1, 0.15) is 17.4 Å². The molecule has 2 amide bonds. The molecule has 0 saturated heterocycles. The van der Waals surface area contributed by atoms with Crippen LogP contribution in [0.4, 0.5) is 9.18 Å². The van der Waals surface area contributed by atoms with Gasteiger partial charge in [0, 0.05) is 37.0 Å². The van der Waals surface area contributed by atoms with Crippen molar-refractivity contribution in [3.8, 4) is 0 Å². The van der Waals surface area contributed by atoms with Crippen LogP contribution in [0.2, 0.25) is 0 Å². The van der Waals surface area contributed by atoms with Gasteiger partial charge < -0.3 is 15.7 Å². The number of nitrogens with one attached hydrogen (secondary N) is 2. The van der Waals surface area contributed by atoms with Crippen LogP contribution in [-0.2, 0) is 6.42 Å². The molecule has 1 aromatic heterocycles. The smallest absolute Gasteiger partial charge is 0.314 e. The van der Waals surface area contributed by atoms with E-state index in [1.807, 2.05) is 18.2 Å². The Kier molecular flexibility index (Phi) is 5.85. The van der Waals surface area contributed by atoms with Crippen molar-refractivity contribution in [1.82, 2.24) is 15.6 Å². The second kappa shape index (κ2) is 8.09. The number of amides is 2. The van der Waals surface area contributed by atoms with Crippen LogP contribution in [-0.4, -0.2) is 29.2 Å². The van der Waals surface area contributed by atoms with E-state index >= 15 is 0 Å². The predicted octanol–water partition coefficient (Wildman–Crippen LogP) is 1.80. The maximum absolute atomic E-state index is 13.5. The minimum absolute atomic E-state index is 0.0592. The molecule has 0 radical (unpaired) electrons. The molecule has 5 nitrogen and oxygen atoms in total. The first-order valence-corrected chi connectivity index (χ1v) is 7.01. The average Bonchev–Trinajstić information content (AvgIpc) is 2.54. The van der Waals surface area contributed by atoms with E-state index in [9.17, 15) is 14.3 Å². The molecule has 6 heteroatoms. The molecule has 3 N–H and O–H groups in total. The van der Waals surface area contributed by atoms with Gasteiger partial charge in [-0.25, -0.2) is 9.18 Å². The normalized spacial score (nSPS) is 11.7. The minimum atomic E-state index is -1.08. The van der Waals surface area contributed by atoms with E-state index in [4.69, 9.17) is 0 Å². The quantitative estimate of drug-likeness (QED) is 0.762. The first-order valence-electron chi connectivity index (χ1n) is 7.01. The van der Waals surface area contributed by atoms with Gasteiger partial charge in [0.05, 0.1) is 6.10 Å². The SMILES string of the molecule is O=C(NCCc1ccccn1)NCC(O)c1ccccc1F. The van der Waals surface area contributed by atoms with Crippen LogP contribution in [0.25, 0.3) is 0 Å². The second-order valence-corrected chi connectivity index (χ2v) is 4.75. The zero-order valence-electron chi connectivity index (χ0n) is 12.0. The maximum atomic E-state index is 13.5. The topological polar surface area (TPSA) is 74.2 Å². The van der Waals surface area contributed by atoms with Crippen molar-refractivity contribution < 1.29 is 14.3 Å². The van der Waals surface area contributed by atoms with Crippen molar-refractivity contribution in [1.29, 1.82) is 0 Å². The van der Waals surface area contributed by atoms with Crippen LogP contribution in [0.15, 0.2) is 48.7 Å². The highest BCUT2D eigenvalue weighted by Crippen LogP contribution is 2.15. The van der Waals surface area contributed by atoms with Gasteiger partial charge in [-0.15, -0.1) is 0 Å².